The molecule has 0 aliphatic carbocycles. The number of ether oxygens (including phenoxy) is 3. The highest BCUT2D eigenvalue weighted by molar-refractivity contribution is 6.06. The summed E-state index contributed by atoms with van der Waals surface area (Å²) < 4.78 is 16.0. The topological polar surface area (TPSA) is 44.8 Å². The molecule has 0 saturated heterocycles. The fourth-order valence-corrected chi connectivity index (χ4v) is 3.69. The molecule has 0 aromatic heterocycles. The van der Waals surface area contributed by atoms with Crippen LogP contribution in [0.5, 0.6) is 11.5 Å². The number of hydrogen-bond donors (Lipinski definition) is 0. The van der Waals surface area contributed by atoms with E-state index in [1.165, 1.54) is 7.11 Å². The highest BCUT2D eigenvalue weighted by Gasteiger charge is 2.23. The van der Waals surface area contributed by atoms with Crippen LogP contribution >= 0.6 is 0 Å². The largest absolute Gasteiger partial charge is 0.465 e. The van der Waals surface area contributed by atoms with E-state index in [-0.39, 0.29) is 6.79 Å². The number of allylic oxidation sites excluding steroid dienone is 4. The number of carbonyl (C=O) groups excluding carboxylic acids is 1. The van der Waals surface area contributed by atoms with Gasteiger partial charge in [0.25, 0.3) is 0 Å². The lowest BCUT2D eigenvalue weighted by molar-refractivity contribution is 0.0600. The Morgan fingerprint density at radius 2 is 1.48 bits per heavy atom. The van der Waals surface area contributed by atoms with E-state index in [0.29, 0.717) is 22.6 Å². The second kappa shape index (κ2) is 8.76. The minimum Gasteiger partial charge on any atom is -0.465 e. The van der Waals surface area contributed by atoms with Crippen LogP contribution in [0.2, 0.25) is 0 Å². The van der Waals surface area contributed by atoms with Gasteiger partial charge in [-0.1, -0.05) is 73.8 Å². The van der Waals surface area contributed by atoms with Gasteiger partial charge in [0.05, 0.1) is 12.7 Å². The SMILES string of the molecule is C=C/C(=C(\C=C)c1cc2c(cc1C(=O)OC)OCO2)c1cccc(-c2ccccc2)c1. The minimum absolute atomic E-state index is 0.111. The molecule has 0 spiro atoms. The number of fused-ring (bicyclic) bond motifs is 1. The molecule has 31 heavy (non-hydrogen) atoms. The van der Waals surface area contributed by atoms with E-state index in [1.54, 1.807) is 24.3 Å². The highest BCUT2D eigenvalue weighted by Crippen LogP contribution is 2.40. The molecule has 1 aliphatic heterocycles. The van der Waals surface area contributed by atoms with Gasteiger partial charge in [0.1, 0.15) is 0 Å². The third kappa shape index (κ3) is 3.88. The molecule has 0 saturated carbocycles. The van der Waals surface area contributed by atoms with Crippen molar-refractivity contribution in [1.82, 2.24) is 0 Å². The molecule has 4 rings (SSSR count). The molecule has 0 radical (unpaired) electrons. The molecule has 0 bridgehead atoms. The molecule has 4 heteroatoms. The van der Waals surface area contributed by atoms with Crippen LogP contribution in [0.25, 0.3) is 22.3 Å². The molecule has 0 atom stereocenters. The number of hydrogen-bond acceptors (Lipinski definition) is 4. The first-order valence-electron chi connectivity index (χ1n) is 9.83. The Morgan fingerprint density at radius 1 is 0.839 bits per heavy atom. The van der Waals surface area contributed by atoms with Crippen LogP contribution in [0.3, 0.4) is 0 Å². The van der Waals surface area contributed by atoms with Crippen molar-refractivity contribution < 1.29 is 19.0 Å². The number of rotatable bonds is 6. The molecule has 4 nitrogen and oxygen atoms in total. The summed E-state index contributed by atoms with van der Waals surface area (Å²) >= 11 is 0. The van der Waals surface area contributed by atoms with E-state index in [4.69, 9.17) is 14.2 Å². The van der Waals surface area contributed by atoms with Gasteiger partial charge in [0, 0.05) is 5.56 Å². The number of esters is 1. The molecule has 3 aromatic carbocycles. The predicted octanol–water partition coefficient (Wildman–Crippen LogP) is 6.15. The van der Waals surface area contributed by atoms with Crippen LogP contribution in [-0.4, -0.2) is 19.9 Å². The second-order valence-electron chi connectivity index (χ2n) is 6.93. The van der Waals surface area contributed by atoms with Crippen LogP contribution < -0.4 is 9.47 Å². The zero-order chi connectivity index (χ0) is 21.8. The number of carbonyl (C=O) groups is 1. The molecule has 0 fully saturated rings. The smallest absolute Gasteiger partial charge is 0.338 e. The Hall–Kier alpha value is -4.05. The maximum atomic E-state index is 12.5. The van der Waals surface area contributed by atoms with Crippen molar-refractivity contribution in [2.75, 3.05) is 13.9 Å². The summed E-state index contributed by atoms with van der Waals surface area (Å²) in [6, 6.07) is 21.8. The van der Waals surface area contributed by atoms with Crippen LogP contribution in [0.1, 0.15) is 21.5 Å². The summed E-state index contributed by atoms with van der Waals surface area (Å²) in [4.78, 5) is 12.5. The van der Waals surface area contributed by atoms with Gasteiger partial charge in [0.15, 0.2) is 11.5 Å². The Kier molecular flexibility index (Phi) is 5.72. The molecule has 154 valence electrons. The van der Waals surface area contributed by atoms with Gasteiger partial charge < -0.3 is 14.2 Å². The van der Waals surface area contributed by atoms with E-state index >= 15 is 0 Å². The Bertz CT molecular complexity index is 1190. The van der Waals surface area contributed by atoms with Gasteiger partial charge in [-0.15, -0.1) is 0 Å². The first-order chi connectivity index (χ1) is 15.2. The first kappa shape index (κ1) is 20.2. The molecule has 0 unspecified atom stereocenters. The summed E-state index contributed by atoms with van der Waals surface area (Å²) in [6.45, 7) is 8.14. The maximum absolute atomic E-state index is 12.5. The third-order valence-corrected chi connectivity index (χ3v) is 5.19. The predicted molar refractivity (Wildman–Crippen MR) is 123 cm³/mol. The van der Waals surface area contributed by atoms with Gasteiger partial charge >= 0.3 is 5.97 Å². The first-order valence-corrected chi connectivity index (χ1v) is 9.83. The van der Waals surface area contributed by atoms with E-state index in [1.807, 2.05) is 30.3 Å². The maximum Gasteiger partial charge on any atom is 0.338 e. The van der Waals surface area contributed by atoms with E-state index < -0.39 is 5.97 Å². The quantitative estimate of drug-likeness (QED) is 0.278. The van der Waals surface area contributed by atoms with Crippen molar-refractivity contribution in [3.63, 3.8) is 0 Å². The lowest BCUT2D eigenvalue weighted by Crippen LogP contribution is -2.06. The summed E-state index contributed by atoms with van der Waals surface area (Å²) in [7, 11) is 1.35. The zero-order valence-electron chi connectivity index (χ0n) is 17.3. The van der Waals surface area contributed by atoms with Crippen molar-refractivity contribution in [3.8, 4) is 22.6 Å². The highest BCUT2D eigenvalue weighted by atomic mass is 16.7. The third-order valence-electron chi connectivity index (χ3n) is 5.19. The average molecular weight is 410 g/mol. The number of methoxy groups -OCH3 is 1. The average Bonchev–Trinajstić information content (AvgIpc) is 3.29. The Balaban J connectivity index is 1.91. The summed E-state index contributed by atoms with van der Waals surface area (Å²) in [6.07, 6.45) is 3.49. The Labute approximate surface area is 181 Å². The van der Waals surface area contributed by atoms with Gasteiger partial charge in [-0.3, -0.25) is 0 Å². The van der Waals surface area contributed by atoms with E-state index in [2.05, 4.69) is 37.4 Å². The van der Waals surface area contributed by atoms with Crippen LogP contribution in [0.15, 0.2) is 92.0 Å². The van der Waals surface area contributed by atoms with Crippen LogP contribution in [0.4, 0.5) is 0 Å². The minimum atomic E-state index is -0.464. The monoisotopic (exact) mass is 410 g/mol. The van der Waals surface area contributed by atoms with E-state index in [0.717, 1.165) is 27.8 Å². The molecule has 1 heterocycles. The van der Waals surface area contributed by atoms with Crippen molar-refractivity contribution >= 4 is 17.1 Å². The normalized spacial score (nSPS) is 12.7. The molecular formula is C27H22O4. The van der Waals surface area contributed by atoms with E-state index in [9.17, 15) is 4.79 Å². The Morgan fingerprint density at radius 3 is 2.13 bits per heavy atom. The fourth-order valence-electron chi connectivity index (χ4n) is 3.69. The summed E-state index contributed by atoms with van der Waals surface area (Å²) in [5.41, 5.74) is 5.77. The van der Waals surface area contributed by atoms with Crippen LogP contribution in [-0.2, 0) is 4.74 Å². The standard InChI is InChI=1S/C27H22O4/c1-4-21(20-13-9-12-19(14-20)18-10-7-6-8-11-18)22(5-2)23-15-25-26(31-17-30-25)16-24(23)27(28)29-3/h4-16H,1-2,17H2,3H3/b22-21-. The molecule has 0 N–H and O–H groups in total. The van der Waals surface area contributed by atoms with Gasteiger partial charge in [-0.2, -0.15) is 0 Å². The molecule has 1 aliphatic rings. The van der Waals surface area contributed by atoms with Crippen molar-refractivity contribution in [3.05, 3.63) is 109 Å². The van der Waals surface area contributed by atoms with Crippen molar-refractivity contribution in [2.45, 2.75) is 0 Å². The van der Waals surface area contributed by atoms with Crippen LogP contribution in [0, 0.1) is 0 Å². The van der Waals surface area contributed by atoms with Gasteiger partial charge in [-0.05, 0) is 46.0 Å². The summed E-state index contributed by atoms with van der Waals surface area (Å²) in [5, 5.41) is 0. The van der Waals surface area contributed by atoms with Gasteiger partial charge in [0.2, 0.25) is 6.79 Å². The molecular weight excluding hydrogens is 388 g/mol. The van der Waals surface area contributed by atoms with Crippen molar-refractivity contribution in [2.24, 2.45) is 0 Å². The fraction of sp³-hybridized carbons (Fsp3) is 0.0741. The molecule has 0 amide bonds. The second-order valence-corrected chi connectivity index (χ2v) is 6.93. The zero-order valence-corrected chi connectivity index (χ0v) is 17.3. The lowest BCUT2D eigenvalue weighted by Gasteiger charge is -2.15. The van der Waals surface area contributed by atoms with Crippen molar-refractivity contribution in [1.29, 1.82) is 0 Å². The van der Waals surface area contributed by atoms with Gasteiger partial charge in [-0.25, -0.2) is 4.79 Å². The lowest BCUT2D eigenvalue weighted by atomic mass is 9.90. The molecule has 3 aromatic rings. The number of benzene rings is 3. The summed E-state index contributed by atoms with van der Waals surface area (Å²) in [5.74, 6) is 0.622.